The number of anilines is 1. The monoisotopic (exact) mass is 418 g/mol. The van der Waals surface area contributed by atoms with Crippen LogP contribution in [0.5, 0.6) is 0 Å². The SMILES string of the molecule is Clc1cccc2cc([C@H]3c4nc[nH]c4CCN3c3nnc(-c4ccccn4)o3)nn12. The summed E-state index contributed by atoms with van der Waals surface area (Å²) in [5, 5.41) is 13.8. The van der Waals surface area contributed by atoms with Crippen molar-refractivity contribution < 1.29 is 4.42 Å². The molecule has 1 N–H and O–H groups in total. The van der Waals surface area contributed by atoms with Gasteiger partial charge in [0.05, 0.1) is 23.2 Å². The molecule has 0 spiro atoms. The highest BCUT2D eigenvalue weighted by atomic mass is 35.5. The first-order valence-corrected chi connectivity index (χ1v) is 9.83. The van der Waals surface area contributed by atoms with Gasteiger partial charge in [-0.2, -0.15) is 5.10 Å². The van der Waals surface area contributed by atoms with E-state index < -0.39 is 0 Å². The van der Waals surface area contributed by atoms with E-state index in [2.05, 4.69) is 25.1 Å². The van der Waals surface area contributed by atoms with Crippen LogP contribution >= 0.6 is 11.6 Å². The van der Waals surface area contributed by atoms with Crippen LogP contribution in [0.4, 0.5) is 6.01 Å². The van der Waals surface area contributed by atoms with Crippen molar-refractivity contribution in [2.24, 2.45) is 0 Å². The van der Waals surface area contributed by atoms with Crippen molar-refractivity contribution in [3.05, 3.63) is 77.2 Å². The molecule has 0 unspecified atom stereocenters. The molecule has 0 radical (unpaired) electrons. The number of pyridine rings is 2. The molecule has 0 amide bonds. The number of aromatic amines is 1. The van der Waals surface area contributed by atoms with Crippen LogP contribution in [0.3, 0.4) is 0 Å². The molecule has 6 rings (SSSR count). The van der Waals surface area contributed by atoms with Gasteiger partial charge in [0, 0.05) is 24.9 Å². The number of nitrogens with zero attached hydrogens (tertiary/aromatic N) is 7. The molecule has 1 atom stereocenters. The van der Waals surface area contributed by atoms with Gasteiger partial charge >= 0.3 is 6.01 Å². The maximum Gasteiger partial charge on any atom is 0.319 e. The fourth-order valence-corrected chi connectivity index (χ4v) is 4.05. The largest absolute Gasteiger partial charge is 0.402 e. The van der Waals surface area contributed by atoms with Gasteiger partial charge in [0.25, 0.3) is 5.89 Å². The third-order valence-electron chi connectivity index (χ3n) is 5.21. The molecule has 0 aliphatic carbocycles. The summed E-state index contributed by atoms with van der Waals surface area (Å²) in [7, 11) is 0. The molecule has 1 aliphatic heterocycles. The molecular weight excluding hydrogens is 404 g/mol. The van der Waals surface area contributed by atoms with Crippen molar-refractivity contribution in [2.75, 3.05) is 11.4 Å². The van der Waals surface area contributed by atoms with Crippen LogP contribution in [-0.4, -0.2) is 41.3 Å². The first kappa shape index (κ1) is 17.2. The fourth-order valence-electron chi connectivity index (χ4n) is 3.84. The van der Waals surface area contributed by atoms with Gasteiger partial charge in [-0.1, -0.05) is 28.8 Å². The first-order valence-electron chi connectivity index (χ1n) is 9.46. The zero-order valence-corrected chi connectivity index (χ0v) is 16.4. The fraction of sp³-hybridized carbons (Fsp3) is 0.150. The molecule has 0 bridgehead atoms. The molecule has 1 aliphatic rings. The maximum atomic E-state index is 6.33. The molecular formula is C20H15ClN8O. The average Bonchev–Trinajstić information content (AvgIpc) is 3.52. The zero-order chi connectivity index (χ0) is 20.1. The van der Waals surface area contributed by atoms with Crippen LogP contribution in [0.25, 0.3) is 17.1 Å². The third-order valence-corrected chi connectivity index (χ3v) is 5.49. The number of nitrogens with one attached hydrogen (secondary N) is 1. The van der Waals surface area contributed by atoms with Crippen molar-refractivity contribution in [3.63, 3.8) is 0 Å². The van der Waals surface area contributed by atoms with Gasteiger partial charge < -0.3 is 14.3 Å². The second-order valence-corrected chi connectivity index (χ2v) is 7.36. The molecule has 0 saturated carbocycles. The van der Waals surface area contributed by atoms with Crippen LogP contribution < -0.4 is 4.90 Å². The van der Waals surface area contributed by atoms with Crippen molar-refractivity contribution in [1.29, 1.82) is 0 Å². The molecule has 5 aromatic rings. The van der Waals surface area contributed by atoms with Crippen LogP contribution in [0.15, 0.2) is 59.4 Å². The van der Waals surface area contributed by atoms with Gasteiger partial charge in [-0.3, -0.25) is 4.98 Å². The average molecular weight is 419 g/mol. The van der Waals surface area contributed by atoms with E-state index in [0.717, 1.165) is 29.0 Å². The Labute approximate surface area is 175 Å². The number of aromatic nitrogens is 7. The molecule has 10 heteroatoms. The van der Waals surface area contributed by atoms with Gasteiger partial charge in [-0.15, -0.1) is 5.10 Å². The summed E-state index contributed by atoms with van der Waals surface area (Å²) in [5.41, 5.74) is 4.29. The Morgan fingerprint density at radius 3 is 2.93 bits per heavy atom. The Kier molecular flexibility index (Phi) is 3.81. The summed E-state index contributed by atoms with van der Waals surface area (Å²) in [4.78, 5) is 14.1. The van der Waals surface area contributed by atoms with Gasteiger partial charge in [0.2, 0.25) is 0 Å². The lowest BCUT2D eigenvalue weighted by Crippen LogP contribution is -2.36. The van der Waals surface area contributed by atoms with Crippen molar-refractivity contribution in [1.82, 2.24) is 34.8 Å². The topological polar surface area (TPSA) is 101 Å². The normalized spacial score (nSPS) is 16.2. The Balaban J connectivity index is 1.46. The second-order valence-electron chi connectivity index (χ2n) is 6.97. The number of rotatable bonds is 3. The Morgan fingerprint density at radius 2 is 2.07 bits per heavy atom. The summed E-state index contributed by atoms with van der Waals surface area (Å²) in [6, 6.07) is 13.4. The summed E-state index contributed by atoms with van der Waals surface area (Å²) in [5.74, 6) is 0.371. The molecule has 0 aromatic carbocycles. The van der Waals surface area contributed by atoms with Crippen LogP contribution in [0.1, 0.15) is 23.1 Å². The number of fused-ring (bicyclic) bond motifs is 2. The Morgan fingerprint density at radius 1 is 1.10 bits per heavy atom. The summed E-state index contributed by atoms with van der Waals surface area (Å²) in [6.45, 7) is 0.672. The zero-order valence-electron chi connectivity index (χ0n) is 15.6. The minimum atomic E-state index is -0.284. The van der Waals surface area contributed by atoms with Gasteiger partial charge in [0.15, 0.2) is 0 Å². The van der Waals surface area contributed by atoms with Crippen molar-refractivity contribution in [3.8, 4) is 11.6 Å². The number of hydrogen-bond acceptors (Lipinski definition) is 7. The van der Waals surface area contributed by atoms with Crippen molar-refractivity contribution in [2.45, 2.75) is 12.5 Å². The Hall–Kier alpha value is -3.72. The van der Waals surface area contributed by atoms with Gasteiger partial charge in [-0.25, -0.2) is 9.50 Å². The smallest absolute Gasteiger partial charge is 0.319 e. The quantitative estimate of drug-likeness (QED) is 0.448. The number of hydrogen-bond donors (Lipinski definition) is 1. The van der Waals surface area contributed by atoms with Crippen LogP contribution in [0.2, 0.25) is 5.15 Å². The summed E-state index contributed by atoms with van der Waals surface area (Å²) < 4.78 is 7.70. The number of H-pyrrole nitrogens is 1. The van der Waals surface area contributed by atoms with E-state index in [0.29, 0.717) is 29.3 Å². The van der Waals surface area contributed by atoms with Crippen molar-refractivity contribution >= 4 is 23.1 Å². The minimum absolute atomic E-state index is 0.284. The van der Waals surface area contributed by atoms with E-state index in [-0.39, 0.29) is 6.04 Å². The van der Waals surface area contributed by atoms with E-state index >= 15 is 0 Å². The second kappa shape index (κ2) is 6.67. The predicted molar refractivity (Wildman–Crippen MR) is 109 cm³/mol. The molecule has 148 valence electrons. The molecule has 9 nitrogen and oxygen atoms in total. The highest BCUT2D eigenvalue weighted by Crippen LogP contribution is 2.37. The molecule has 0 fully saturated rings. The Bertz CT molecular complexity index is 1340. The lowest BCUT2D eigenvalue weighted by atomic mass is 10.0. The molecule has 6 heterocycles. The molecule has 5 aromatic heterocycles. The minimum Gasteiger partial charge on any atom is -0.402 e. The third kappa shape index (κ3) is 2.66. The van der Waals surface area contributed by atoms with E-state index in [1.54, 1.807) is 23.1 Å². The van der Waals surface area contributed by atoms with Crippen LogP contribution in [-0.2, 0) is 6.42 Å². The van der Waals surface area contributed by atoms with E-state index in [9.17, 15) is 0 Å². The van der Waals surface area contributed by atoms with E-state index in [1.165, 1.54) is 0 Å². The predicted octanol–water partition coefficient (Wildman–Crippen LogP) is 3.31. The number of halogens is 1. The summed E-state index contributed by atoms with van der Waals surface area (Å²) in [6.07, 6.45) is 4.18. The van der Waals surface area contributed by atoms with E-state index in [1.807, 2.05) is 41.3 Å². The first-order chi connectivity index (χ1) is 14.8. The maximum absolute atomic E-state index is 6.33. The standard InChI is InChI=1S/C20H15ClN8O/c21-16-6-3-4-12-10-15(27-29(12)16)18-17-13(23-11-24-17)7-9-28(18)20-26-25-19(30-20)14-5-1-2-8-22-14/h1-6,8,10-11,18H,7,9H2,(H,23,24)/t18-/m0/s1. The molecule has 30 heavy (non-hydrogen) atoms. The van der Waals surface area contributed by atoms with Gasteiger partial charge in [-0.05, 0) is 30.3 Å². The van der Waals surface area contributed by atoms with E-state index in [4.69, 9.17) is 21.1 Å². The number of imidazole rings is 1. The summed E-state index contributed by atoms with van der Waals surface area (Å²) >= 11 is 6.33. The van der Waals surface area contributed by atoms with Crippen LogP contribution in [0, 0.1) is 0 Å². The lowest BCUT2D eigenvalue weighted by Gasteiger charge is -2.32. The highest BCUT2D eigenvalue weighted by Gasteiger charge is 2.36. The van der Waals surface area contributed by atoms with Gasteiger partial charge in [0.1, 0.15) is 16.9 Å². The highest BCUT2D eigenvalue weighted by molar-refractivity contribution is 6.29. The molecule has 0 saturated heterocycles. The lowest BCUT2D eigenvalue weighted by molar-refractivity contribution is 0.502.